The van der Waals surface area contributed by atoms with Gasteiger partial charge in [-0.2, -0.15) is 9.61 Å². The molecule has 0 aliphatic rings. The standard InChI is InChI=1S/C18H22N4O/c1-4-15-17(14-8-6-5-7-9-14)18-20-13(2)12-16(22(18)21-15)19-10-11-23-3/h5-9,12,19H,4,10-11H2,1-3H3. The number of fused-ring (bicyclic) bond motifs is 1. The molecule has 3 aromatic rings. The van der Waals surface area contributed by atoms with Crippen LogP contribution in [0.2, 0.25) is 0 Å². The number of nitrogens with zero attached hydrogens (tertiary/aromatic N) is 3. The Morgan fingerprint density at radius 1 is 1.22 bits per heavy atom. The van der Waals surface area contributed by atoms with Gasteiger partial charge in [0, 0.05) is 31.0 Å². The van der Waals surface area contributed by atoms with E-state index in [1.807, 2.05) is 35.7 Å². The molecule has 0 atom stereocenters. The zero-order chi connectivity index (χ0) is 16.2. The van der Waals surface area contributed by atoms with E-state index in [1.165, 1.54) is 0 Å². The Kier molecular flexibility index (Phi) is 4.57. The third-order valence-electron chi connectivity index (χ3n) is 3.80. The number of nitrogens with one attached hydrogen (secondary N) is 1. The van der Waals surface area contributed by atoms with E-state index in [9.17, 15) is 0 Å². The van der Waals surface area contributed by atoms with Gasteiger partial charge in [-0.25, -0.2) is 4.98 Å². The van der Waals surface area contributed by atoms with Crippen LogP contribution in [0.25, 0.3) is 16.8 Å². The molecule has 2 aromatic heterocycles. The molecule has 5 nitrogen and oxygen atoms in total. The third-order valence-corrected chi connectivity index (χ3v) is 3.80. The van der Waals surface area contributed by atoms with E-state index in [0.29, 0.717) is 6.61 Å². The smallest absolute Gasteiger partial charge is 0.165 e. The molecule has 0 spiro atoms. The molecule has 1 aromatic carbocycles. The lowest BCUT2D eigenvalue weighted by atomic mass is 10.0. The number of hydrogen-bond donors (Lipinski definition) is 1. The van der Waals surface area contributed by atoms with Gasteiger partial charge in [0.15, 0.2) is 5.65 Å². The molecule has 1 N–H and O–H groups in total. The Balaban J connectivity index is 2.16. The predicted molar refractivity (Wildman–Crippen MR) is 92.9 cm³/mol. The highest BCUT2D eigenvalue weighted by Crippen LogP contribution is 2.29. The van der Waals surface area contributed by atoms with E-state index < -0.39 is 0 Å². The van der Waals surface area contributed by atoms with Crippen LogP contribution >= 0.6 is 0 Å². The first-order valence-electron chi connectivity index (χ1n) is 7.92. The van der Waals surface area contributed by atoms with Gasteiger partial charge in [-0.05, 0) is 18.9 Å². The van der Waals surface area contributed by atoms with Crippen LogP contribution in [0.3, 0.4) is 0 Å². The van der Waals surface area contributed by atoms with Gasteiger partial charge < -0.3 is 10.1 Å². The molecule has 3 rings (SSSR count). The van der Waals surface area contributed by atoms with Crippen LogP contribution in [0.4, 0.5) is 5.82 Å². The van der Waals surface area contributed by atoms with Gasteiger partial charge in [0.1, 0.15) is 5.82 Å². The summed E-state index contributed by atoms with van der Waals surface area (Å²) in [4.78, 5) is 4.74. The fourth-order valence-electron chi connectivity index (χ4n) is 2.74. The van der Waals surface area contributed by atoms with Gasteiger partial charge in [0.05, 0.1) is 12.3 Å². The number of anilines is 1. The third kappa shape index (κ3) is 3.05. The Bertz CT molecular complexity index is 796. The molecular formula is C18H22N4O. The number of aryl methyl sites for hydroxylation is 2. The van der Waals surface area contributed by atoms with Crippen molar-refractivity contribution >= 4 is 11.5 Å². The zero-order valence-electron chi connectivity index (χ0n) is 13.8. The molecule has 2 heterocycles. The topological polar surface area (TPSA) is 51.5 Å². The second-order valence-corrected chi connectivity index (χ2v) is 5.48. The first kappa shape index (κ1) is 15.5. The van der Waals surface area contributed by atoms with Gasteiger partial charge in [0.25, 0.3) is 0 Å². The summed E-state index contributed by atoms with van der Waals surface area (Å²) in [6, 6.07) is 12.4. The van der Waals surface area contributed by atoms with Crippen LogP contribution in [-0.2, 0) is 11.2 Å². The fourth-order valence-corrected chi connectivity index (χ4v) is 2.74. The molecule has 0 saturated heterocycles. The van der Waals surface area contributed by atoms with Gasteiger partial charge in [-0.15, -0.1) is 0 Å². The normalized spacial score (nSPS) is 11.1. The summed E-state index contributed by atoms with van der Waals surface area (Å²) in [7, 11) is 1.70. The lowest BCUT2D eigenvalue weighted by molar-refractivity contribution is 0.210. The average molecular weight is 310 g/mol. The largest absolute Gasteiger partial charge is 0.383 e. The van der Waals surface area contributed by atoms with Crippen LogP contribution in [0.1, 0.15) is 18.3 Å². The molecule has 0 saturated carbocycles. The Labute approximate surface area is 136 Å². The second-order valence-electron chi connectivity index (χ2n) is 5.48. The highest BCUT2D eigenvalue weighted by atomic mass is 16.5. The number of rotatable bonds is 6. The minimum atomic E-state index is 0.649. The number of aromatic nitrogens is 3. The number of benzene rings is 1. The van der Waals surface area contributed by atoms with Gasteiger partial charge in [-0.1, -0.05) is 37.3 Å². The van der Waals surface area contributed by atoms with E-state index in [-0.39, 0.29) is 0 Å². The minimum absolute atomic E-state index is 0.649. The monoisotopic (exact) mass is 310 g/mol. The minimum Gasteiger partial charge on any atom is -0.383 e. The molecule has 120 valence electrons. The maximum Gasteiger partial charge on any atom is 0.165 e. The molecule has 5 heteroatoms. The average Bonchev–Trinajstić information content (AvgIpc) is 2.94. The molecule has 0 aliphatic heterocycles. The summed E-state index contributed by atoms with van der Waals surface area (Å²) >= 11 is 0. The van der Waals surface area contributed by atoms with Gasteiger partial charge in [0.2, 0.25) is 0 Å². The lowest BCUT2D eigenvalue weighted by Crippen LogP contribution is -2.12. The summed E-state index contributed by atoms with van der Waals surface area (Å²) in [5.74, 6) is 0.946. The molecule has 0 amide bonds. The van der Waals surface area contributed by atoms with E-state index in [0.717, 1.165) is 46.9 Å². The summed E-state index contributed by atoms with van der Waals surface area (Å²) in [6.07, 6.45) is 0.865. The van der Waals surface area contributed by atoms with Crippen LogP contribution in [0, 0.1) is 6.92 Å². The second kappa shape index (κ2) is 6.79. The predicted octanol–water partition coefficient (Wildman–Crippen LogP) is 3.33. The highest BCUT2D eigenvalue weighted by Gasteiger charge is 2.17. The SMILES string of the molecule is CCc1nn2c(NCCOC)cc(C)nc2c1-c1ccccc1. The van der Waals surface area contributed by atoms with Crippen LogP contribution < -0.4 is 5.32 Å². The molecular weight excluding hydrogens is 288 g/mol. The van der Waals surface area contributed by atoms with Crippen molar-refractivity contribution in [2.24, 2.45) is 0 Å². The molecule has 23 heavy (non-hydrogen) atoms. The van der Waals surface area contributed by atoms with Crippen molar-refractivity contribution in [1.29, 1.82) is 0 Å². The number of ether oxygens (including phenoxy) is 1. The maximum absolute atomic E-state index is 5.12. The van der Waals surface area contributed by atoms with E-state index in [2.05, 4.69) is 24.4 Å². The van der Waals surface area contributed by atoms with Gasteiger partial charge in [-0.3, -0.25) is 0 Å². The van der Waals surface area contributed by atoms with Crippen LogP contribution in [0.5, 0.6) is 0 Å². The molecule has 0 fully saturated rings. The summed E-state index contributed by atoms with van der Waals surface area (Å²) in [5.41, 5.74) is 5.20. The van der Waals surface area contributed by atoms with E-state index >= 15 is 0 Å². The molecule has 0 bridgehead atoms. The van der Waals surface area contributed by atoms with Crippen molar-refractivity contribution < 1.29 is 4.74 Å². The molecule has 0 aliphatic carbocycles. The van der Waals surface area contributed by atoms with Crippen molar-refractivity contribution in [3.8, 4) is 11.1 Å². The quantitative estimate of drug-likeness (QED) is 0.710. The number of methoxy groups -OCH3 is 1. The van der Waals surface area contributed by atoms with Crippen molar-refractivity contribution in [1.82, 2.24) is 14.6 Å². The van der Waals surface area contributed by atoms with Crippen molar-refractivity contribution in [3.05, 3.63) is 47.8 Å². The van der Waals surface area contributed by atoms with Gasteiger partial charge >= 0.3 is 0 Å². The van der Waals surface area contributed by atoms with Crippen molar-refractivity contribution in [3.63, 3.8) is 0 Å². The van der Waals surface area contributed by atoms with Crippen molar-refractivity contribution in [2.45, 2.75) is 20.3 Å². The lowest BCUT2D eigenvalue weighted by Gasteiger charge is -2.09. The van der Waals surface area contributed by atoms with Crippen molar-refractivity contribution in [2.75, 3.05) is 25.6 Å². The van der Waals surface area contributed by atoms with E-state index in [4.69, 9.17) is 14.8 Å². The van der Waals surface area contributed by atoms with E-state index in [1.54, 1.807) is 7.11 Å². The fraction of sp³-hybridized carbons (Fsp3) is 0.333. The summed E-state index contributed by atoms with van der Waals surface area (Å²) in [6.45, 7) is 5.52. The summed E-state index contributed by atoms with van der Waals surface area (Å²) < 4.78 is 7.02. The summed E-state index contributed by atoms with van der Waals surface area (Å²) in [5, 5.41) is 8.16. The number of hydrogen-bond acceptors (Lipinski definition) is 4. The Morgan fingerprint density at radius 2 is 2.00 bits per heavy atom. The first-order valence-corrected chi connectivity index (χ1v) is 7.92. The molecule has 0 radical (unpaired) electrons. The maximum atomic E-state index is 5.12. The first-order chi connectivity index (χ1) is 11.2. The highest BCUT2D eigenvalue weighted by molar-refractivity contribution is 5.81. The van der Waals surface area contributed by atoms with Crippen LogP contribution in [-0.4, -0.2) is 34.9 Å². The zero-order valence-corrected chi connectivity index (χ0v) is 13.8. The molecule has 0 unspecified atom stereocenters. The Hall–Kier alpha value is -2.40. The Morgan fingerprint density at radius 3 is 2.70 bits per heavy atom. The van der Waals surface area contributed by atoms with Crippen LogP contribution in [0.15, 0.2) is 36.4 Å².